The molecule has 1 aromatic carbocycles. The summed E-state index contributed by atoms with van der Waals surface area (Å²) >= 11 is 0. The van der Waals surface area contributed by atoms with Gasteiger partial charge in [0.05, 0.1) is 16.8 Å². The van der Waals surface area contributed by atoms with Crippen LogP contribution in [0.4, 0.5) is 0 Å². The van der Waals surface area contributed by atoms with Crippen molar-refractivity contribution in [2.24, 2.45) is 0 Å². The first-order valence-electron chi connectivity index (χ1n) is 9.91. The molecule has 4 nitrogen and oxygen atoms in total. The van der Waals surface area contributed by atoms with Gasteiger partial charge in [0.2, 0.25) is 0 Å². The average molecular weight is 373 g/mol. The van der Waals surface area contributed by atoms with E-state index in [1.165, 1.54) is 12.8 Å². The molecule has 1 saturated carbocycles. The van der Waals surface area contributed by atoms with Crippen molar-refractivity contribution >= 4 is 18.9 Å². The van der Waals surface area contributed by atoms with Crippen LogP contribution in [0.1, 0.15) is 96.0 Å². The van der Waals surface area contributed by atoms with Gasteiger partial charge in [-0.15, -0.1) is 0 Å². The smallest absolute Gasteiger partial charge is 0.338 e. The Hall–Kier alpha value is -1.33. The first-order valence-corrected chi connectivity index (χ1v) is 9.91. The SMILES string of the molecule is CC(C)(C)OC(=O)c1ccc([B]OC(C)(C)C(C)(C)O)cc1C1CCCC1. The first kappa shape index (κ1) is 22.0. The molecule has 0 saturated heterocycles. The molecule has 0 aliphatic heterocycles. The van der Waals surface area contributed by atoms with Crippen LogP contribution in [0.3, 0.4) is 0 Å². The lowest BCUT2D eigenvalue weighted by atomic mass is 9.80. The van der Waals surface area contributed by atoms with Crippen LogP contribution in [-0.4, -0.2) is 35.4 Å². The largest absolute Gasteiger partial charge is 0.456 e. The van der Waals surface area contributed by atoms with Gasteiger partial charge in [-0.3, -0.25) is 0 Å². The first-order chi connectivity index (χ1) is 12.3. The molecule has 0 bridgehead atoms. The van der Waals surface area contributed by atoms with Gasteiger partial charge in [0.15, 0.2) is 0 Å². The summed E-state index contributed by atoms with van der Waals surface area (Å²) in [5.74, 6) is 0.108. The molecule has 1 fully saturated rings. The van der Waals surface area contributed by atoms with Crippen LogP contribution in [-0.2, 0) is 9.39 Å². The van der Waals surface area contributed by atoms with E-state index in [4.69, 9.17) is 9.39 Å². The number of ether oxygens (including phenoxy) is 1. The Morgan fingerprint density at radius 3 is 2.19 bits per heavy atom. The molecule has 27 heavy (non-hydrogen) atoms. The van der Waals surface area contributed by atoms with Crippen molar-refractivity contribution < 1.29 is 19.3 Å². The van der Waals surface area contributed by atoms with Gasteiger partial charge in [0.25, 0.3) is 0 Å². The normalized spacial score (nSPS) is 16.4. The molecule has 1 aliphatic carbocycles. The molecule has 1 radical (unpaired) electrons. The summed E-state index contributed by atoms with van der Waals surface area (Å²) in [5, 5.41) is 10.3. The Bertz CT molecular complexity index is 662. The molecule has 0 unspecified atom stereocenters. The lowest BCUT2D eigenvalue weighted by Crippen LogP contribution is -2.49. The summed E-state index contributed by atoms with van der Waals surface area (Å²) in [6.07, 6.45) is 4.56. The molecule has 1 aliphatic rings. The number of hydrogen-bond donors (Lipinski definition) is 1. The Balaban J connectivity index is 2.26. The van der Waals surface area contributed by atoms with Gasteiger partial charge in [0, 0.05) is 0 Å². The van der Waals surface area contributed by atoms with Crippen molar-refractivity contribution in [3.8, 4) is 0 Å². The van der Waals surface area contributed by atoms with Crippen LogP contribution in [0.25, 0.3) is 0 Å². The molecule has 0 heterocycles. The molecule has 5 heteroatoms. The van der Waals surface area contributed by atoms with Gasteiger partial charge in [-0.1, -0.05) is 30.4 Å². The zero-order chi connectivity index (χ0) is 20.5. The number of carbonyl (C=O) groups is 1. The quantitative estimate of drug-likeness (QED) is 0.602. The van der Waals surface area contributed by atoms with Crippen LogP contribution < -0.4 is 5.46 Å². The zero-order valence-electron chi connectivity index (χ0n) is 17.9. The van der Waals surface area contributed by atoms with E-state index >= 15 is 0 Å². The maximum Gasteiger partial charge on any atom is 0.338 e. The molecule has 149 valence electrons. The molecule has 2 rings (SSSR count). The topological polar surface area (TPSA) is 55.8 Å². The van der Waals surface area contributed by atoms with Crippen LogP contribution in [0.15, 0.2) is 18.2 Å². The van der Waals surface area contributed by atoms with Gasteiger partial charge in [0.1, 0.15) is 5.60 Å². The summed E-state index contributed by atoms with van der Waals surface area (Å²) in [5.41, 5.74) is 0.352. The molecule has 0 amide bonds. The Morgan fingerprint density at radius 2 is 1.67 bits per heavy atom. The summed E-state index contributed by atoms with van der Waals surface area (Å²) in [7, 11) is 1.68. The van der Waals surface area contributed by atoms with Gasteiger partial charge >= 0.3 is 13.5 Å². The fourth-order valence-electron chi connectivity index (χ4n) is 3.11. The van der Waals surface area contributed by atoms with Gasteiger partial charge < -0.3 is 14.5 Å². The molecular formula is C22H34BO4. The second-order valence-electron chi connectivity index (χ2n) is 9.63. The van der Waals surface area contributed by atoms with E-state index in [0.29, 0.717) is 11.5 Å². The predicted octanol–water partition coefficient (Wildman–Crippen LogP) is 4.11. The predicted molar refractivity (Wildman–Crippen MR) is 110 cm³/mol. The summed E-state index contributed by atoms with van der Waals surface area (Å²) < 4.78 is 11.5. The Labute approximate surface area is 164 Å². The van der Waals surface area contributed by atoms with E-state index in [9.17, 15) is 9.90 Å². The van der Waals surface area contributed by atoms with Crippen LogP contribution in [0.2, 0.25) is 0 Å². The van der Waals surface area contributed by atoms with Crippen molar-refractivity contribution in [3.63, 3.8) is 0 Å². The average Bonchev–Trinajstić information content (AvgIpc) is 3.04. The fraction of sp³-hybridized carbons (Fsp3) is 0.682. The van der Waals surface area contributed by atoms with Crippen molar-refractivity contribution in [1.82, 2.24) is 0 Å². The summed E-state index contributed by atoms with van der Waals surface area (Å²) in [6.45, 7) is 12.8. The summed E-state index contributed by atoms with van der Waals surface area (Å²) in [6, 6.07) is 5.75. The molecule has 0 atom stereocenters. The Morgan fingerprint density at radius 1 is 1.07 bits per heavy atom. The second kappa shape index (κ2) is 7.96. The Kier molecular flexibility index (Phi) is 6.48. The monoisotopic (exact) mass is 373 g/mol. The lowest BCUT2D eigenvalue weighted by Gasteiger charge is -2.37. The van der Waals surface area contributed by atoms with Crippen LogP contribution >= 0.6 is 0 Å². The van der Waals surface area contributed by atoms with Crippen molar-refractivity contribution in [3.05, 3.63) is 29.3 Å². The minimum absolute atomic E-state index is 0.270. The van der Waals surface area contributed by atoms with Crippen LogP contribution in [0.5, 0.6) is 0 Å². The molecule has 1 N–H and O–H groups in total. The standard InChI is InChI=1S/C22H34BO4/c1-20(2,3)26-19(24)17-13-12-16(14-18(17)15-10-8-9-11-15)23-27-22(6,7)21(4,5)25/h12-15,25H,8-11H2,1-7H3. The van der Waals surface area contributed by atoms with E-state index in [2.05, 4.69) is 0 Å². The van der Waals surface area contributed by atoms with E-state index in [0.717, 1.165) is 23.9 Å². The third-order valence-corrected chi connectivity index (χ3v) is 5.45. The molecule has 0 spiro atoms. The second-order valence-corrected chi connectivity index (χ2v) is 9.63. The third-order valence-electron chi connectivity index (χ3n) is 5.45. The lowest BCUT2D eigenvalue weighted by molar-refractivity contribution is -0.0893. The van der Waals surface area contributed by atoms with Crippen LogP contribution in [0, 0.1) is 0 Å². The highest BCUT2D eigenvalue weighted by Crippen LogP contribution is 2.36. The van der Waals surface area contributed by atoms with E-state index < -0.39 is 16.8 Å². The number of esters is 1. The van der Waals surface area contributed by atoms with E-state index in [-0.39, 0.29) is 5.97 Å². The van der Waals surface area contributed by atoms with Crippen molar-refractivity contribution in [1.29, 1.82) is 0 Å². The summed E-state index contributed by atoms with van der Waals surface area (Å²) in [4.78, 5) is 12.7. The van der Waals surface area contributed by atoms with Crippen molar-refractivity contribution in [2.75, 3.05) is 0 Å². The maximum atomic E-state index is 12.7. The number of hydrogen-bond acceptors (Lipinski definition) is 4. The molecular weight excluding hydrogens is 339 g/mol. The number of carbonyl (C=O) groups excluding carboxylic acids is 1. The number of benzene rings is 1. The highest BCUT2D eigenvalue weighted by molar-refractivity contribution is 6.47. The van der Waals surface area contributed by atoms with Gasteiger partial charge in [-0.25, -0.2) is 4.79 Å². The van der Waals surface area contributed by atoms with E-state index in [1.807, 2.05) is 52.8 Å². The fourth-order valence-corrected chi connectivity index (χ4v) is 3.11. The maximum absolute atomic E-state index is 12.7. The molecule has 0 aromatic heterocycles. The minimum Gasteiger partial charge on any atom is -0.456 e. The highest BCUT2D eigenvalue weighted by Gasteiger charge is 2.36. The highest BCUT2D eigenvalue weighted by atomic mass is 16.6. The number of rotatable bonds is 6. The number of aliphatic hydroxyl groups is 1. The van der Waals surface area contributed by atoms with Gasteiger partial charge in [-0.05, 0) is 78.9 Å². The van der Waals surface area contributed by atoms with Gasteiger partial charge in [-0.2, -0.15) is 0 Å². The zero-order valence-corrected chi connectivity index (χ0v) is 17.9. The van der Waals surface area contributed by atoms with Crippen molar-refractivity contribution in [2.45, 2.75) is 96.9 Å². The third kappa shape index (κ3) is 5.82. The minimum atomic E-state index is -0.978. The van der Waals surface area contributed by atoms with E-state index in [1.54, 1.807) is 21.3 Å². The molecule has 1 aromatic rings.